The molecule has 4 heteroatoms. The summed E-state index contributed by atoms with van der Waals surface area (Å²) in [5.74, 6) is 0.960. The van der Waals surface area contributed by atoms with Crippen molar-refractivity contribution < 1.29 is 0 Å². The Morgan fingerprint density at radius 2 is 2.16 bits per heavy atom. The van der Waals surface area contributed by atoms with Crippen molar-refractivity contribution in [2.24, 2.45) is 5.73 Å². The van der Waals surface area contributed by atoms with Crippen LogP contribution in [0.1, 0.15) is 11.4 Å². The second-order valence-corrected chi connectivity index (χ2v) is 4.60. The first-order valence-electron chi connectivity index (χ1n) is 6.38. The minimum absolute atomic E-state index is 0.585. The first-order chi connectivity index (χ1) is 9.29. The predicted octanol–water partition coefficient (Wildman–Crippen LogP) is 2.21. The van der Waals surface area contributed by atoms with Gasteiger partial charge < -0.3 is 5.73 Å². The minimum Gasteiger partial charge on any atom is -0.330 e. The lowest BCUT2D eigenvalue weighted by atomic mass is 10.1. The SMILES string of the molecule is Cc1cccc(-c2nc(CCN)n3cccnc23)c1. The monoisotopic (exact) mass is 252 g/mol. The number of fused-ring (bicyclic) bond motifs is 1. The molecule has 2 heterocycles. The molecule has 0 saturated carbocycles. The van der Waals surface area contributed by atoms with E-state index >= 15 is 0 Å². The Morgan fingerprint density at radius 1 is 1.26 bits per heavy atom. The number of hydrogen-bond donors (Lipinski definition) is 1. The molecular weight excluding hydrogens is 236 g/mol. The van der Waals surface area contributed by atoms with Gasteiger partial charge in [0.05, 0.1) is 0 Å². The van der Waals surface area contributed by atoms with E-state index in [-0.39, 0.29) is 0 Å². The van der Waals surface area contributed by atoms with Crippen LogP contribution in [0.5, 0.6) is 0 Å². The van der Waals surface area contributed by atoms with Crippen molar-refractivity contribution in [3.63, 3.8) is 0 Å². The number of imidazole rings is 1. The molecule has 0 aliphatic rings. The van der Waals surface area contributed by atoms with Crippen molar-refractivity contribution in [3.05, 3.63) is 54.1 Å². The molecule has 0 spiro atoms. The Kier molecular flexibility index (Phi) is 3.01. The third-order valence-corrected chi connectivity index (χ3v) is 3.14. The molecule has 2 aromatic heterocycles. The molecular formula is C15H16N4. The highest BCUT2D eigenvalue weighted by atomic mass is 15.1. The Balaban J connectivity index is 2.23. The van der Waals surface area contributed by atoms with Crippen LogP contribution in [-0.4, -0.2) is 20.9 Å². The van der Waals surface area contributed by atoms with E-state index in [1.807, 2.05) is 22.7 Å². The molecule has 0 bridgehead atoms. The molecule has 3 aromatic rings. The van der Waals surface area contributed by atoms with E-state index in [1.54, 1.807) is 6.20 Å². The summed E-state index contributed by atoms with van der Waals surface area (Å²) in [6, 6.07) is 10.2. The smallest absolute Gasteiger partial charge is 0.164 e. The lowest BCUT2D eigenvalue weighted by Crippen LogP contribution is -2.06. The highest BCUT2D eigenvalue weighted by Gasteiger charge is 2.12. The van der Waals surface area contributed by atoms with Crippen LogP contribution in [0.4, 0.5) is 0 Å². The van der Waals surface area contributed by atoms with Crippen LogP contribution in [0.25, 0.3) is 16.9 Å². The Hall–Kier alpha value is -2.20. The maximum atomic E-state index is 5.65. The van der Waals surface area contributed by atoms with E-state index < -0.39 is 0 Å². The molecule has 0 unspecified atom stereocenters. The third kappa shape index (κ3) is 2.11. The van der Waals surface area contributed by atoms with Crippen LogP contribution >= 0.6 is 0 Å². The van der Waals surface area contributed by atoms with Gasteiger partial charge in [-0.15, -0.1) is 0 Å². The van der Waals surface area contributed by atoms with Gasteiger partial charge in [0.1, 0.15) is 11.5 Å². The van der Waals surface area contributed by atoms with Gasteiger partial charge in [0.25, 0.3) is 0 Å². The van der Waals surface area contributed by atoms with Gasteiger partial charge in [-0.1, -0.05) is 23.8 Å². The molecule has 0 radical (unpaired) electrons. The molecule has 0 aliphatic heterocycles. The third-order valence-electron chi connectivity index (χ3n) is 3.14. The van der Waals surface area contributed by atoms with Gasteiger partial charge in [-0.05, 0) is 25.6 Å². The van der Waals surface area contributed by atoms with Crippen molar-refractivity contribution >= 4 is 5.65 Å². The van der Waals surface area contributed by atoms with Gasteiger partial charge in [0, 0.05) is 24.4 Å². The second kappa shape index (κ2) is 4.82. The summed E-state index contributed by atoms with van der Waals surface area (Å²) in [6.45, 7) is 2.66. The van der Waals surface area contributed by atoms with Gasteiger partial charge >= 0.3 is 0 Å². The molecule has 0 fully saturated rings. The van der Waals surface area contributed by atoms with Crippen LogP contribution < -0.4 is 5.73 Å². The van der Waals surface area contributed by atoms with Crippen LogP contribution in [0.2, 0.25) is 0 Å². The number of hydrogen-bond acceptors (Lipinski definition) is 3. The van der Waals surface area contributed by atoms with Gasteiger partial charge in [-0.2, -0.15) is 0 Å². The zero-order valence-corrected chi connectivity index (χ0v) is 10.9. The number of nitrogens with zero attached hydrogens (tertiary/aromatic N) is 3. The average molecular weight is 252 g/mol. The molecule has 2 N–H and O–H groups in total. The zero-order chi connectivity index (χ0) is 13.2. The molecule has 0 saturated heterocycles. The minimum atomic E-state index is 0.585. The van der Waals surface area contributed by atoms with E-state index in [9.17, 15) is 0 Å². The predicted molar refractivity (Wildman–Crippen MR) is 75.9 cm³/mol. The van der Waals surface area contributed by atoms with E-state index in [0.717, 1.165) is 29.1 Å². The van der Waals surface area contributed by atoms with Crippen molar-refractivity contribution in [2.75, 3.05) is 6.54 Å². The van der Waals surface area contributed by atoms with Crippen LogP contribution in [-0.2, 0) is 6.42 Å². The van der Waals surface area contributed by atoms with Crippen LogP contribution in [0.15, 0.2) is 42.7 Å². The topological polar surface area (TPSA) is 56.2 Å². The number of aromatic nitrogens is 3. The fourth-order valence-electron chi connectivity index (χ4n) is 2.28. The van der Waals surface area contributed by atoms with Crippen molar-refractivity contribution in [2.45, 2.75) is 13.3 Å². The second-order valence-electron chi connectivity index (χ2n) is 4.60. The van der Waals surface area contributed by atoms with Gasteiger partial charge in [0.2, 0.25) is 0 Å². The number of rotatable bonds is 3. The van der Waals surface area contributed by atoms with Gasteiger partial charge in [0.15, 0.2) is 5.65 Å². The van der Waals surface area contributed by atoms with Gasteiger partial charge in [-0.25, -0.2) is 9.97 Å². The first-order valence-corrected chi connectivity index (χ1v) is 6.38. The highest BCUT2D eigenvalue weighted by molar-refractivity contribution is 5.74. The maximum absolute atomic E-state index is 5.65. The Bertz CT molecular complexity index is 715. The zero-order valence-electron chi connectivity index (χ0n) is 10.9. The largest absolute Gasteiger partial charge is 0.330 e. The summed E-state index contributed by atoms with van der Waals surface area (Å²) in [7, 11) is 0. The fraction of sp³-hybridized carbons (Fsp3) is 0.200. The summed E-state index contributed by atoms with van der Waals surface area (Å²) >= 11 is 0. The quantitative estimate of drug-likeness (QED) is 0.777. The summed E-state index contributed by atoms with van der Waals surface area (Å²) in [4.78, 5) is 9.16. The standard InChI is InChI=1S/C15H16N4/c1-11-4-2-5-12(10-11)14-15-17-8-3-9-19(15)13(18-14)6-7-16/h2-5,8-10H,6-7,16H2,1H3. The lowest BCUT2D eigenvalue weighted by Gasteiger charge is -1.99. The van der Waals surface area contributed by atoms with Crippen LogP contribution in [0.3, 0.4) is 0 Å². The first kappa shape index (κ1) is 11.9. The number of aryl methyl sites for hydroxylation is 1. The molecule has 3 rings (SSSR count). The molecule has 0 aliphatic carbocycles. The summed E-state index contributed by atoms with van der Waals surface area (Å²) in [6.07, 6.45) is 4.53. The molecule has 4 nitrogen and oxygen atoms in total. The van der Waals surface area contributed by atoms with Gasteiger partial charge in [-0.3, -0.25) is 4.40 Å². The van der Waals surface area contributed by atoms with Crippen molar-refractivity contribution in [1.29, 1.82) is 0 Å². The van der Waals surface area contributed by atoms with E-state index in [0.29, 0.717) is 6.54 Å². The fourth-order valence-corrected chi connectivity index (χ4v) is 2.28. The molecule has 0 atom stereocenters. The molecule has 96 valence electrons. The average Bonchev–Trinajstić information content (AvgIpc) is 2.79. The number of benzene rings is 1. The van der Waals surface area contributed by atoms with E-state index in [4.69, 9.17) is 10.7 Å². The van der Waals surface area contributed by atoms with Crippen molar-refractivity contribution in [3.8, 4) is 11.3 Å². The number of nitrogens with two attached hydrogens (primary N) is 1. The normalized spacial score (nSPS) is 11.1. The van der Waals surface area contributed by atoms with Crippen LogP contribution in [0, 0.1) is 6.92 Å². The molecule has 1 aromatic carbocycles. The van der Waals surface area contributed by atoms with E-state index in [1.165, 1.54) is 5.56 Å². The van der Waals surface area contributed by atoms with E-state index in [2.05, 4.69) is 30.1 Å². The summed E-state index contributed by atoms with van der Waals surface area (Å²) in [5, 5.41) is 0. The molecule has 19 heavy (non-hydrogen) atoms. The lowest BCUT2D eigenvalue weighted by molar-refractivity contribution is 0.859. The van der Waals surface area contributed by atoms with Crippen molar-refractivity contribution in [1.82, 2.24) is 14.4 Å². The maximum Gasteiger partial charge on any atom is 0.164 e. The summed E-state index contributed by atoms with van der Waals surface area (Å²) < 4.78 is 2.02. The highest BCUT2D eigenvalue weighted by Crippen LogP contribution is 2.24. The summed E-state index contributed by atoms with van der Waals surface area (Å²) in [5.41, 5.74) is 9.77. The Labute approximate surface area is 111 Å². The molecule has 0 amide bonds. The Morgan fingerprint density at radius 3 is 2.95 bits per heavy atom.